The van der Waals surface area contributed by atoms with Crippen molar-refractivity contribution >= 4 is 11.6 Å². The molecule has 0 aliphatic rings. The Balaban J connectivity index is 2.54. The lowest BCUT2D eigenvalue weighted by Gasteiger charge is -2.22. The number of hydrogen-bond donors (Lipinski definition) is 0. The first kappa shape index (κ1) is 14.0. The van der Waals surface area contributed by atoms with Crippen molar-refractivity contribution < 1.29 is 9.18 Å². The average Bonchev–Trinajstić information content (AvgIpc) is 2.36. The Morgan fingerprint density at radius 2 is 1.94 bits per heavy atom. The molecule has 1 amide bonds. The smallest absolute Gasteiger partial charge is 0.241 e. The van der Waals surface area contributed by atoms with E-state index in [1.165, 1.54) is 17.0 Å². The molecular formula is C13H16FN3O. The lowest BCUT2D eigenvalue weighted by molar-refractivity contribution is -0.128. The third-order valence-corrected chi connectivity index (χ3v) is 2.62. The van der Waals surface area contributed by atoms with Crippen LogP contribution in [-0.2, 0) is 4.79 Å². The van der Waals surface area contributed by atoms with E-state index in [0.29, 0.717) is 13.0 Å². The number of likely N-dealkylation sites (N-methyl/N-ethyl adjacent to an activating group) is 2. The highest BCUT2D eigenvalue weighted by Crippen LogP contribution is 2.12. The molecule has 0 radical (unpaired) electrons. The van der Waals surface area contributed by atoms with Gasteiger partial charge < -0.3 is 9.80 Å². The van der Waals surface area contributed by atoms with Gasteiger partial charge in [0.15, 0.2) is 0 Å². The molecule has 0 aliphatic carbocycles. The Morgan fingerprint density at radius 1 is 1.33 bits per heavy atom. The standard InChI is InChI=1S/C13H16FN3O/c1-16(9-3-8-15)13(18)10-17(2)12-6-4-11(14)5-7-12/h4-7H,3,9-10H2,1-2H3. The van der Waals surface area contributed by atoms with E-state index >= 15 is 0 Å². The molecule has 18 heavy (non-hydrogen) atoms. The summed E-state index contributed by atoms with van der Waals surface area (Å²) in [7, 11) is 3.43. The minimum atomic E-state index is -0.301. The quantitative estimate of drug-likeness (QED) is 0.797. The predicted octanol–water partition coefficient (Wildman–Crippen LogP) is 1.63. The number of amides is 1. The Morgan fingerprint density at radius 3 is 2.50 bits per heavy atom. The number of carbonyl (C=O) groups is 1. The second kappa shape index (κ2) is 6.60. The predicted molar refractivity (Wildman–Crippen MR) is 67.5 cm³/mol. The van der Waals surface area contributed by atoms with Crippen LogP contribution >= 0.6 is 0 Å². The second-order valence-electron chi connectivity index (χ2n) is 4.06. The van der Waals surface area contributed by atoms with E-state index in [2.05, 4.69) is 0 Å². The first-order valence-electron chi connectivity index (χ1n) is 5.62. The van der Waals surface area contributed by atoms with E-state index in [0.717, 1.165) is 5.69 Å². The van der Waals surface area contributed by atoms with Gasteiger partial charge >= 0.3 is 0 Å². The van der Waals surface area contributed by atoms with E-state index in [1.807, 2.05) is 6.07 Å². The van der Waals surface area contributed by atoms with Crippen LogP contribution in [0.5, 0.6) is 0 Å². The number of carbonyl (C=O) groups excluding carboxylic acids is 1. The minimum Gasteiger partial charge on any atom is -0.365 e. The summed E-state index contributed by atoms with van der Waals surface area (Å²) in [6.07, 6.45) is 0.322. The maximum Gasteiger partial charge on any atom is 0.241 e. The summed E-state index contributed by atoms with van der Waals surface area (Å²) < 4.78 is 12.8. The van der Waals surface area contributed by atoms with E-state index in [9.17, 15) is 9.18 Å². The van der Waals surface area contributed by atoms with Gasteiger partial charge in [0.05, 0.1) is 19.0 Å². The molecule has 0 unspecified atom stereocenters. The SMILES string of the molecule is CN(CCC#N)C(=O)CN(C)c1ccc(F)cc1. The van der Waals surface area contributed by atoms with Crippen LogP contribution in [0, 0.1) is 17.1 Å². The number of nitriles is 1. The van der Waals surface area contributed by atoms with Crippen LogP contribution in [0.4, 0.5) is 10.1 Å². The zero-order chi connectivity index (χ0) is 13.5. The van der Waals surface area contributed by atoms with Crippen molar-refractivity contribution in [1.29, 1.82) is 5.26 Å². The van der Waals surface area contributed by atoms with Crippen LogP contribution in [0.1, 0.15) is 6.42 Å². The minimum absolute atomic E-state index is 0.0722. The molecule has 4 nitrogen and oxygen atoms in total. The van der Waals surface area contributed by atoms with Crippen LogP contribution in [0.2, 0.25) is 0 Å². The van der Waals surface area contributed by atoms with Crippen LogP contribution in [0.3, 0.4) is 0 Å². The summed E-state index contributed by atoms with van der Waals surface area (Å²) in [5, 5.41) is 8.45. The van der Waals surface area contributed by atoms with Gasteiger partial charge in [-0.05, 0) is 24.3 Å². The molecule has 0 fully saturated rings. The largest absolute Gasteiger partial charge is 0.365 e. The number of benzene rings is 1. The number of anilines is 1. The molecule has 0 atom stereocenters. The monoisotopic (exact) mass is 249 g/mol. The van der Waals surface area contributed by atoms with Gasteiger partial charge in [-0.3, -0.25) is 4.79 Å². The van der Waals surface area contributed by atoms with Gasteiger partial charge in [-0.2, -0.15) is 5.26 Å². The third kappa shape index (κ3) is 4.06. The van der Waals surface area contributed by atoms with Crippen molar-refractivity contribution in [1.82, 2.24) is 4.90 Å². The van der Waals surface area contributed by atoms with Gasteiger partial charge in [0.2, 0.25) is 5.91 Å². The van der Waals surface area contributed by atoms with Crippen LogP contribution in [-0.4, -0.2) is 38.0 Å². The van der Waals surface area contributed by atoms with Crippen LogP contribution in [0.15, 0.2) is 24.3 Å². The number of nitrogens with zero attached hydrogens (tertiary/aromatic N) is 3. The maximum atomic E-state index is 12.8. The molecule has 0 heterocycles. The summed E-state index contributed by atoms with van der Waals surface area (Å²) in [6.45, 7) is 0.625. The molecular weight excluding hydrogens is 233 g/mol. The van der Waals surface area contributed by atoms with Gasteiger partial charge in [-0.15, -0.1) is 0 Å². The first-order valence-corrected chi connectivity index (χ1v) is 5.62. The fourth-order valence-corrected chi connectivity index (χ4v) is 1.45. The van der Waals surface area contributed by atoms with Crippen molar-refractivity contribution in [3.63, 3.8) is 0 Å². The summed E-state index contributed by atoms with van der Waals surface area (Å²) in [6, 6.07) is 7.96. The lowest BCUT2D eigenvalue weighted by Crippen LogP contribution is -2.37. The van der Waals surface area contributed by atoms with Crippen molar-refractivity contribution in [2.75, 3.05) is 32.1 Å². The van der Waals surface area contributed by atoms with E-state index in [1.54, 1.807) is 31.1 Å². The average molecular weight is 249 g/mol. The summed E-state index contributed by atoms with van der Waals surface area (Å²) in [5.74, 6) is -0.373. The van der Waals surface area contributed by atoms with Crippen molar-refractivity contribution in [3.05, 3.63) is 30.1 Å². The van der Waals surface area contributed by atoms with E-state index < -0.39 is 0 Å². The molecule has 0 aromatic heterocycles. The summed E-state index contributed by atoms with van der Waals surface area (Å²) in [5.41, 5.74) is 0.776. The molecule has 96 valence electrons. The Hall–Kier alpha value is -2.09. The van der Waals surface area contributed by atoms with Gasteiger partial charge in [0.25, 0.3) is 0 Å². The van der Waals surface area contributed by atoms with Crippen LogP contribution < -0.4 is 4.90 Å². The summed E-state index contributed by atoms with van der Waals surface area (Å²) in [4.78, 5) is 15.1. The van der Waals surface area contributed by atoms with Gasteiger partial charge in [-0.1, -0.05) is 0 Å². The van der Waals surface area contributed by atoms with Gasteiger partial charge in [0.1, 0.15) is 5.82 Å². The summed E-state index contributed by atoms with van der Waals surface area (Å²) >= 11 is 0. The highest BCUT2D eigenvalue weighted by molar-refractivity contribution is 5.81. The Bertz CT molecular complexity index is 439. The molecule has 1 aromatic rings. The molecule has 0 spiro atoms. The molecule has 5 heteroatoms. The molecule has 1 aromatic carbocycles. The molecule has 0 N–H and O–H groups in total. The zero-order valence-electron chi connectivity index (χ0n) is 10.6. The topological polar surface area (TPSA) is 47.3 Å². The fraction of sp³-hybridized carbons (Fsp3) is 0.385. The second-order valence-corrected chi connectivity index (χ2v) is 4.06. The van der Waals surface area contributed by atoms with Gasteiger partial charge in [0, 0.05) is 26.3 Å². The number of halogens is 1. The Labute approximate surface area is 106 Å². The number of hydrogen-bond acceptors (Lipinski definition) is 3. The van der Waals surface area contributed by atoms with Crippen molar-refractivity contribution in [2.24, 2.45) is 0 Å². The molecule has 0 saturated carbocycles. The fourth-order valence-electron chi connectivity index (χ4n) is 1.45. The molecule has 1 rings (SSSR count). The third-order valence-electron chi connectivity index (χ3n) is 2.62. The maximum absolute atomic E-state index is 12.8. The van der Waals surface area contributed by atoms with Gasteiger partial charge in [-0.25, -0.2) is 4.39 Å². The molecule has 0 bridgehead atoms. The normalized spacial score (nSPS) is 9.67. The number of rotatable bonds is 5. The highest BCUT2D eigenvalue weighted by Gasteiger charge is 2.11. The van der Waals surface area contributed by atoms with Crippen molar-refractivity contribution in [2.45, 2.75) is 6.42 Å². The molecule has 0 aliphatic heterocycles. The van der Waals surface area contributed by atoms with E-state index in [-0.39, 0.29) is 18.3 Å². The lowest BCUT2D eigenvalue weighted by atomic mass is 10.3. The first-order chi connectivity index (χ1) is 8.54. The Kier molecular flexibility index (Phi) is 5.12. The highest BCUT2D eigenvalue weighted by atomic mass is 19.1. The molecule has 0 saturated heterocycles. The van der Waals surface area contributed by atoms with Crippen molar-refractivity contribution in [3.8, 4) is 6.07 Å². The zero-order valence-corrected chi connectivity index (χ0v) is 10.6. The van der Waals surface area contributed by atoms with Crippen LogP contribution in [0.25, 0.3) is 0 Å². The van der Waals surface area contributed by atoms with E-state index in [4.69, 9.17) is 5.26 Å².